The van der Waals surface area contributed by atoms with Crippen LogP contribution in [0.1, 0.15) is 30.4 Å². The lowest BCUT2D eigenvalue weighted by atomic mass is 10.2. The lowest BCUT2D eigenvalue weighted by molar-refractivity contribution is 0.112. The summed E-state index contributed by atoms with van der Waals surface area (Å²) in [5.74, 6) is 5.04. The third-order valence-corrected chi connectivity index (χ3v) is 3.88. The van der Waals surface area contributed by atoms with Crippen molar-refractivity contribution in [2.24, 2.45) is 16.7 Å². The Morgan fingerprint density at radius 2 is 1.93 bits per heavy atom. The van der Waals surface area contributed by atoms with Gasteiger partial charge in [-0.05, 0) is 32.9 Å². The van der Waals surface area contributed by atoms with Crippen molar-refractivity contribution in [2.45, 2.75) is 20.8 Å². The van der Waals surface area contributed by atoms with Gasteiger partial charge in [0.2, 0.25) is 0 Å². The number of aldehydes is 1. The Labute approximate surface area is 165 Å². The second-order valence-corrected chi connectivity index (χ2v) is 6.91. The van der Waals surface area contributed by atoms with Crippen molar-refractivity contribution in [2.75, 3.05) is 19.0 Å². The average molecular weight is 388 g/mol. The summed E-state index contributed by atoms with van der Waals surface area (Å²) < 4.78 is 0. The Morgan fingerprint density at radius 3 is 2.37 bits per heavy atom. The second-order valence-electron chi connectivity index (χ2n) is 5.85. The van der Waals surface area contributed by atoms with Gasteiger partial charge >= 0.3 is 0 Å². The minimum Gasteiger partial charge on any atom is -0.386 e. The highest BCUT2D eigenvalue weighted by Gasteiger charge is 2.07. The molecule has 0 bridgehead atoms. The van der Waals surface area contributed by atoms with Crippen LogP contribution in [-0.2, 0) is 0 Å². The summed E-state index contributed by atoms with van der Waals surface area (Å²) in [5, 5.41) is 4.13. The number of anilines is 1. The number of carbonyl (C=O) groups excluding carboxylic acids is 1. The van der Waals surface area contributed by atoms with Gasteiger partial charge in [0, 0.05) is 31.4 Å². The quantitative estimate of drug-likeness (QED) is 0.205. The fourth-order valence-corrected chi connectivity index (χ4v) is 2.55. The molecule has 2 heterocycles. The fourth-order valence-electron chi connectivity index (χ4n) is 1.72. The molecule has 146 valence electrons. The number of nitrogens with two attached hydrogens (primary N) is 2. The van der Waals surface area contributed by atoms with Gasteiger partial charge in [0.25, 0.3) is 0 Å². The Hall–Kier alpha value is -2.93. The monoisotopic (exact) mass is 387 g/mol. The largest absolute Gasteiger partial charge is 0.386 e. The number of carbonyl (C=O) groups is 1. The number of hydrogen-bond donors (Lipinski definition) is 2. The van der Waals surface area contributed by atoms with Gasteiger partial charge in [-0.3, -0.25) is 4.79 Å². The van der Waals surface area contributed by atoms with E-state index in [1.807, 2.05) is 49.4 Å². The number of amidine groups is 1. The van der Waals surface area contributed by atoms with Gasteiger partial charge in [-0.2, -0.15) is 5.10 Å². The van der Waals surface area contributed by atoms with Crippen LogP contribution in [0.4, 0.5) is 5.69 Å². The predicted octanol–water partition coefficient (Wildman–Crippen LogP) is 4.11. The number of aromatic nitrogens is 1. The highest BCUT2D eigenvalue weighted by molar-refractivity contribution is 7.20. The molecule has 0 unspecified atom stereocenters. The van der Waals surface area contributed by atoms with E-state index >= 15 is 0 Å². The van der Waals surface area contributed by atoms with Crippen molar-refractivity contribution in [3.8, 4) is 0 Å². The SMILES string of the molecule is C/C(N)=N\N.C=C/C=C\C=C(C)C.CN(C)c1ccnc2sc(C=O)cc12. The van der Waals surface area contributed by atoms with Crippen molar-refractivity contribution in [3.63, 3.8) is 0 Å². The first-order valence-corrected chi connectivity index (χ1v) is 9.02. The number of fused-ring (bicyclic) bond motifs is 1. The summed E-state index contributed by atoms with van der Waals surface area (Å²) in [7, 11) is 3.96. The van der Waals surface area contributed by atoms with Crippen molar-refractivity contribution in [3.05, 3.63) is 59.7 Å². The lowest BCUT2D eigenvalue weighted by Crippen LogP contribution is -2.08. The van der Waals surface area contributed by atoms with Crippen LogP contribution in [0.3, 0.4) is 0 Å². The van der Waals surface area contributed by atoms with E-state index in [9.17, 15) is 4.79 Å². The van der Waals surface area contributed by atoms with E-state index in [0.717, 1.165) is 27.1 Å². The summed E-state index contributed by atoms with van der Waals surface area (Å²) >= 11 is 1.42. The number of hydrogen-bond acceptors (Lipinski definition) is 6. The smallest absolute Gasteiger partial charge is 0.160 e. The van der Waals surface area contributed by atoms with Crippen LogP contribution >= 0.6 is 11.3 Å². The van der Waals surface area contributed by atoms with Crippen LogP contribution in [0.25, 0.3) is 10.2 Å². The van der Waals surface area contributed by atoms with Crippen LogP contribution in [-0.4, -0.2) is 31.2 Å². The van der Waals surface area contributed by atoms with E-state index in [1.54, 1.807) is 19.2 Å². The molecule has 4 N–H and O–H groups in total. The van der Waals surface area contributed by atoms with Crippen molar-refractivity contribution in [1.82, 2.24) is 4.98 Å². The zero-order valence-electron chi connectivity index (χ0n) is 16.6. The number of thiophene rings is 1. The molecule has 6 nitrogen and oxygen atoms in total. The molecule has 0 aromatic carbocycles. The number of pyridine rings is 1. The van der Waals surface area contributed by atoms with Gasteiger partial charge < -0.3 is 16.5 Å². The fraction of sp³-hybridized carbons (Fsp3) is 0.250. The lowest BCUT2D eigenvalue weighted by Gasteiger charge is -2.12. The Kier molecular flexibility index (Phi) is 11.9. The predicted molar refractivity (Wildman–Crippen MR) is 120 cm³/mol. The molecular weight excluding hydrogens is 358 g/mol. The zero-order chi connectivity index (χ0) is 20.8. The maximum Gasteiger partial charge on any atom is 0.160 e. The molecule has 0 aliphatic heterocycles. The van der Waals surface area contributed by atoms with Gasteiger partial charge in [-0.15, -0.1) is 11.3 Å². The van der Waals surface area contributed by atoms with Crippen molar-refractivity contribution in [1.29, 1.82) is 0 Å². The van der Waals surface area contributed by atoms with E-state index in [-0.39, 0.29) is 0 Å². The van der Waals surface area contributed by atoms with Gasteiger partial charge in [0.1, 0.15) is 10.7 Å². The number of hydrazone groups is 1. The van der Waals surface area contributed by atoms with Crippen molar-refractivity contribution >= 4 is 39.4 Å². The Bertz CT molecular complexity index is 811. The molecule has 2 aromatic heterocycles. The highest BCUT2D eigenvalue weighted by Crippen LogP contribution is 2.29. The van der Waals surface area contributed by atoms with E-state index in [1.165, 1.54) is 16.9 Å². The summed E-state index contributed by atoms with van der Waals surface area (Å²) in [6.45, 7) is 9.29. The molecule has 0 spiro atoms. The molecule has 0 aliphatic rings. The van der Waals surface area contributed by atoms with Crippen LogP contribution in [0.15, 0.2) is 59.9 Å². The first kappa shape index (κ1) is 24.1. The molecule has 0 atom stereocenters. The molecular formula is C20H29N5OS. The molecule has 0 radical (unpaired) electrons. The first-order chi connectivity index (χ1) is 12.8. The van der Waals surface area contributed by atoms with Crippen LogP contribution in [0, 0.1) is 0 Å². The molecule has 27 heavy (non-hydrogen) atoms. The third-order valence-electron chi connectivity index (χ3n) is 2.91. The summed E-state index contributed by atoms with van der Waals surface area (Å²) in [6.07, 6.45) is 10.3. The van der Waals surface area contributed by atoms with Gasteiger partial charge in [-0.1, -0.05) is 36.5 Å². The summed E-state index contributed by atoms with van der Waals surface area (Å²) in [5.41, 5.74) is 7.32. The molecule has 2 aromatic rings. The molecule has 0 fully saturated rings. The van der Waals surface area contributed by atoms with Crippen LogP contribution < -0.4 is 16.5 Å². The number of rotatable bonds is 4. The highest BCUT2D eigenvalue weighted by atomic mass is 32.1. The topological polar surface area (TPSA) is 97.6 Å². The van der Waals surface area contributed by atoms with Gasteiger partial charge in [0.15, 0.2) is 6.29 Å². The molecule has 7 heteroatoms. The van der Waals surface area contributed by atoms with Crippen LogP contribution in [0.5, 0.6) is 0 Å². The normalized spacial score (nSPS) is 10.3. The van der Waals surface area contributed by atoms with E-state index < -0.39 is 0 Å². The number of allylic oxidation sites excluding steroid dienone is 5. The Morgan fingerprint density at radius 1 is 1.30 bits per heavy atom. The maximum atomic E-state index is 10.6. The third kappa shape index (κ3) is 9.96. The van der Waals surface area contributed by atoms with E-state index in [2.05, 4.69) is 36.4 Å². The molecule has 0 saturated carbocycles. The molecule has 2 rings (SSSR count). The summed E-state index contributed by atoms with van der Waals surface area (Å²) in [4.78, 5) is 18.5. The van der Waals surface area contributed by atoms with Crippen LogP contribution in [0.2, 0.25) is 0 Å². The average Bonchev–Trinajstić information content (AvgIpc) is 3.05. The van der Waals surface area contributed by atoms with Crippen molar-refractivity contribution < 1.29 is 4.79 Å². The van der Waals surface area contributed by atoms with Gasteiger partial charge in [-0.25, -0.2) is 4.98 Å². The minimum atomic E-state index is 0.407. The maximum absolute atomic E-state index is 10.6. The first-order valence-electron chi connectivity index (χ1n) is 8.20. The van der Waals surface area contributed by atoms with E-state index in [0.29, 0.717) is 5.84 Å². The zero-order valence-corrected chi connectivity index (χ0v) is 17.5. The van der Waals surface area contributed by atoms with Gasteiger partial charge in [0.05, 0.1) is 4.88 Å². The molecule has 0 aliphatic carbocycles. The second kappa shape index (κ2) is 13.3. The standard InChI is InChI=1S/C10H10N2OS.C8H12.C2H7N3/c1-12(2)9-3-4-11-10-8(9)5-7(6-13)14-10;1-4-5-6-7-8(2)3;1-2(3)5-4/h3-6H,1-2H3;4-7H,1H2,2-3H3;4H2,1H3,(H2,3,5)/b;6-5-;. The molecule has 0 amide bonds. The summed E-state index contributed by atoms with van der Waals surface area (Å²) in [6, 6.07) is 3.83. The minimum absolute atomic E-state index is 0.407. The van der Waals surface area contributed by atoms with E-state index in [4.69, 9.17) is 5.73 Å². The Balaban J connectivity index is 0.000000443. The molecule has 0 saturated heterocycles. The number of nitrogens with zero attached hydrogens (tertiary/aromatic N) is 3.